The van der Waals surface area contributed by atoms with E-state index in [4.69, 9.17) is 10.5 Å². The number of hydrogen-bond donors (Lipinski definition) is 1. The lowest BCUT2D eigenvalue weighted by molar-refractivity contribution is 0.399. The van der Waals surface area contributed by atoms with E-state index >= 15 is 0 Å². The molecule has 0 aliphatic rings. The molecular weight excluding hydrogens is 262 g/mol. The molecule has 19 heavy (non-hydrogen) atoms. The van der Waals surface area contributed by atoms with E-state index in [1.54, 1.807) is 24.5 Å². The largest absolute Gasteiger partial charge is 0.481 e. The van der Waals surface area contributed by atoms with E-state index < -0.39 is 0 Å². The molecule has 6 nitrogen and oxygen atoms in total. The van der Waals surface area contributed by atoms with Crippen LogP contribution in [-0.2, 0) is 6.54 Å². The van der Waals surface area contributed by atoms with Gasteiger partial charge in [0.1, 0.15) is 5.52 Å². The van der Waals surface area contributed by atoms with Crippen molar-refractivity contribution in [1.82, 2.24) is 19.5 Å². The number of methoxy groups -OCH3 is 1. The normalized spacial score (nSPS) is 11.1. The Balaban J connectivity index is 2.11. The third-order valence-electron chi connectivity index (χ3n) is 2.95. The smallest absolute Gasteiger partial charge is 0.215 e. The summed E-state index contributed by atoms with van der Waals surface area (Å²) in [6, 6.07) is 3.63. The lowest BCUT2D eigenvalue weighted by Crippen LogP contribution is -2.05. The Bertz CT molecular complexity index is 733. The van der Waals surface area contributed by atoms with Crippen LogP contribution in [-0.4, -0.2) is 26.6 Å². The summed E-state index contributed by atoms with van der Waals surface area (Å²) in [5.41, 5.74) is 10.3. The van der Waals surface area contributed by atoms with Crippen LogP contribution in [0.15, 0.2) is 17.6 Å². The Morgan fingerprint density at radius 1 is 1.37 bits per heavy atom. The maximum Gasteiger partial charge on any atom is 0.215 e. The van der Waals surface area contributed by atoms with Crippen LogP contribution in [0.3, 0.4) is 0 Å². The van der Waals surface area contributed by atoms with Gasteiger partial charge in [0.25, 0.3) is 0 Å². The number of nitrogens with two attached hydrogens (primary N) is 1. The van der Waals surface area contributed by atoms with Crippen LogP contribution in [0.5, 0.6) is 5.88 Å². The zero-order chi connectivity index (χ0) is 13.4. The number of thiazole rings is 1. The molecule has 7 heteroatoms. The van der Waals surface area contributed by atoms with Crippen molar-refractivity contribution in [3.05, 3.63) is 28.2 Å². The van der Waals surface area contributed by atoms with Crippen LogP contribution in [0.1, 0.15) is 10.6 Å². The van der Waals surface area contributed by atoms with Gasteiger partial charge in [0, 0.05) is 10.9 Å². The number of rotatable bonds is 3. The van der Waals surface area contributed by atoms with Crippen molar-refractivity contribution < 1.29 is 4.74 Å². The van der Waals surface area contributed by atoms with Gasteiger partial charge in [0.05, 0.1) is 24.9 Å². The molecule has 0 saturated heterocycles. The maximum absolute atomic E-state index is 5.97. The molecule has 0 amide bonds. The molecule has 98 valence electrons. The molecule has 0 aromatic carbocycles. The average Bonchev–Trinajstić information content (AvgIpc) is 2.94. The first kappa shape index (κ1) is 11.9. The van der Waals surface area contributed by atoms with Crippen LogP contribution in [0.25, 0.3) is 11.2 Å². The average molecular weight is 275 g/mol. The minimum Gasteiger partial charge on any atom is -0.481 e. The number of hydrogen-bond acceptors (Lipinski definition) is 6. The fourth-order valence-corrected chi connectivity index (χ4v) is 2.66. The molecule has 0 unspecified atom stereocenters. The van der Waals surface area contributed by atoms with Crippen LogP contribution < -0.4 is 10.5 Å². The first-order valence-electron chi connectivity index (χ1n) is 5.74. The van der Waals surface area contributed by atoms with E-state index in [9.17, 15) is 0 Å². The van der Waals surface area contributed by atoms with Crippen LogP contribution in [0, 0.1) is 6.92 Å². The predicted octanol–water partition coefficient (Wildman–Crippen LogP) is 1.84. The number of imidazole rings is 1. The van der Waals surface area contributed by atoms with Gasteiger partial charge in [0.2, 0.25) is 11.8 Å². The number of ether oxygens (including phenoxy) is 1. The summed E-state index contributed by atoms with van der Waals surface area (Å²) in [6.45, 7) is 2.61. The topological polar surface area (TPSA) is 78.9 Å². The fourth-order valence-electron chi connectivity index (χ4n) is 1.89. The van der Waals surface area contributed by atoms with E-state index in [-0.39, 0.29) is 0 Å². The summed E-state index contributed by atoms with van der Waals surface area (Å²) in [5, 5.41) is 0. The van der Waals surface area contributed by atoms with E-state index in [2.05, 4.69) is 15.0 Å². The third-order valence-corrected chi connectivity index (χ3v) is 3.87. The fraction of sp³-hybridized carbons (Fsp3) is 0.250. The number of nitrogen functional groups attached to an aromatic ring is 1. The molecule has 0 aliphatic carbocycles. The lowest BCUT2D eigenvalue weighted by atomic mass is 10.4. The van der Waals surface area contributed by atoms with Crippen molar-refractivity contribution in [2.75, 3.05) is 12.8 Å². The molecule has 0 spiro atoms. The lowest BCUT2D eigenvalue weighted by Gasteiger charge is -2.05. The van der Waals surface area contributed by atoms with Gasteiger partial charge in [-0.05, 0) is 13.0 Å². The van der Waals surface area contributed by atoms with Crippen molar-refractivity contribution >= 4 is 28.4 Å². The molecule has 0 atom stereocenters. The summed E-state index contributed by atoms with van der Waals surface area (Å²) in [4.78, 5) is 14.1. The molecule has 2 N–H and O–H groups in total. The van der Waals surface area contributed by atoms with Gasteiger partial charge in [-0.1, -0.05) is 0 Å². The highest BCUT2D eigenvalue weighted by atomic mass is 32.1. The van der Waals surface area contributed by atoms with E-state index in [0.29, 0.717) is 18.4 Å². The van der Waals surface area contributed by atoms with Gasteiger partial charge in [0.15, 0.2) is 5.65 Å². The number of anilines is 1. The highest BCUT2D eigenvalue weighted by Crippen LogP contribution is 2.22. The van der Waals surface area contributed by atoms with Crippen LogP contribution in [0.2, 0.25) is 0 Å². The van der Waals surface area contributed by atoms with Gasteiger partial charge < -0.3 is 10.5 Å². The van der Waals surface area contributed by atoms with Crippen molar-refractivity contribution in [1.29, 1.82) is 0 Å². The highest BCUT2D eigenvalue weighted by molar-refractivity contribution is 7.09. The molecular formula is C12H13N5OS. The Hall–Kier alpha value is -2.15. The molecule has 3 heterocycles. The predicted molar refractivity (Wildman–Crippen MR) is 74.4 cm³/mol. The summed E-state index contributed by atoms with van der Waals surface area (Å²) in [5.74, 6) is 0.998. The van der Waals surface area contributed by atoms with E-state index in [1.807, 2.05) is 23.1 Å². The third kappa shape index (κ3) is 2.01. The monoisotopic (exact) mass is 275 g/mol. The molecule has 0 aliphatic heterocycles. The Labute approximate surface area is 113 Å². The van der Waals surface area contributed by atoms with Crippen molar-refractivity contribution in [2.45, 2.75) is 13.5 Å². The summed E-state index contributed by atoms with van der Waals surface area (Å²) in [6.07, 6.45) is 0. The molecule has 0 fully saturated rings. The van der Waals surface area contributed by atoms with Gasteiger partial charge >= 0.3 is 0 Å². The second kappa shape index (κ2) is 4.51. The second-order valence-corrected chi connectivity index (χ2v) is 5.05. The Morgan fingerprint density at radius 3 is 2.89 bits per heavy atom. The number of aryl methyl sites for hydroxylation is 1. The molecule has 0 radical (unpaired) electrons. The first-order valence-corrected chi connectivity index (χ1v) is 6.62. The summed E-state index contributed by atoms with van der Waals surface area (Å²) in [7, 11) is 1.59. The summed E-state index contributed by atoms with van der Waals surface area (Å²) < 4.78 is 7.02. The first-order chi connectivity index (χ1) is 9.19. The molecule has 3 aromatic rings. The quantitative estimate of drug-likeness (QED) is 0.789. The maximum atomic E-state index is 5.97. The van der Waals surface area contributed by atoms with Crippen molar-refractivity contribution in [3.63, 3.8) is 0 Å². The van der Waals surface area contributed by atoms with E-state index in [0.717, 1.165) is 21.7 Å². The molecule has 0 bridgehead atoms. The van der Waals surface area contributed by atoms with E-state index in [1.165, 1.54) is 0 Å². The van der Waals surface area contributed by atoms with Gasteiger partial charge in [-0.2, -0.15) is 4.98 Å². The Morgan fingerprint density at radius 2 is 2.21 bits per heavy atom. The zero-order valence-electron chi connectivity index (χ0n) is 10.6. The van der Waals surface area contributed by atoms with Crippen molar-refractivity contribution in [3.8, 4) is 5.88 Å². The summed E-state index contributed by atoms with van der Waals surface area (Å²) >= 11 is 1.60. The number of aromatic nitrogens is 4. The minimum atomic E-state index is 0.448. The van der Waals surface area contributed by atoms with Gasteiger partial charge in [-0.15, -0.1) is 11.3 Å². The molecule has 3 aromatic heterocycles. The van der Waals surface area contributed by atoms with Crippen molar-refractivity contribution in [2.24, 2.45) is 0 Å². The number of pyridine rings is 1. The number of nitrogens with zero attached hydrogens (tertiary/aromatic N) is 4. The van der Waals surface area contributed by atoms with Crippen LogP contribution in [0.4, 0.5) is 5.95 Å². The Kier molecular flexibility index (Phi) is 2.83. The SMILES string of the molecule is COc1ccc2nc(N)n(Cc3scnc3C)c2n1. The molecule has 3 rings (SSSR count). The van der Waals surface area contributed by atoms with Gasteiger partial charge in [-0.25, -0.2) is 9.97 Å². The highest BCUT2D eigenvalue weighted by Gasteiger charge is 2.13. The molecule has 0 saturated carbocycles. The minimum absolute atomic E-state index is 0.448. The van der Waals surface area contributed by atoms with Crippen LogP contribution >= 0.6 is 11.3 Å². The number of fused-ring (bicyclic) bond motifs is 1. The zero-order valence-corrected chi connectivity index (χ0v) is 11.4. The standard InChI is InChI=1S/C12H13N5OS/c1-7-9(19-6-14-7)5-17-11-8(15-12(17)13)3-4-10(16-11)18-2/h3-4,6H,5H2,1-2H3,(H2,13,15). The second-order valence-electron chi connectivity index (χ2n) is 4.11. The van der Waals surface area contributed by atoms with Gasteiger partial charge in [-0.3, -0.25) is 4.57 Å².